The second-order valence-electron chi connectivity index (χ2n) is 12.5. The summed E-state index contributed by atoms with van der Waals surface area (Å²) < 4.78 is 25.3. The van der Waals surface area contributed by atoms with E-state index in [0.717, 1.165) is 60.5 Å². The molecule has 1 aromatic carbocycles. The van der Waals surface area contributed by atoms with Crippen LogP contribution in [-0.4, -0.2) is 60.6 Å². The van der Waals surface area contributed by atoms with Crippen LogP contribution in [0.1, 0.15) is 76.2 Å². The summed E-state index contributed by atoms with van der Waals surface area (Å²) in [4.78, 5) is 16.9. The van der Waals surface area contributed by atoms with E-state index in [-0.39, 0.29) is 35.3 Å². The number of methoxy groups -OCH3 is 1. The fourth-order valence-corrected chi connectivity index (χ4v) is 5.62. The van der Waals surface area contributed by atoms with Gasteiger partial charge < -0.3 is 30.5 Å². The highest BCUT2D eigenvalue weighted by atomic mass is 19.1. The number of anilines is 1. The van der Waals surface area contributed by atoms with Crippen molar-refractivity contribution < 1.29 is 23.8 Å². The second-order valence-corrected chi connectivity index (χ2v) is 12.5. The van der Waals surface area contributed by atoms with E-state index < -0.39 is 12.1 Å². The first kappa shape index (κ1) is 30.2. The van der Waals surface area contributed by atoms with Gasteiger partial charge >= 0.3 is 0 Å². The third-order valence-corrected chi connectivity index (χ3v) is 7.70. The minimum absolute atomic E-state index is 0.0489. The molecule has 1 aliphatic carbocycles. The monoisotopic (exact) mass is 556 g/mol. The van der Waals surface area contributed by atoms with Gasteiger partial charge in [0.1, 0.15) is 11.4 Å². The van der Waals surface area contributed by atoms with Crippen LogP contribution < -0.4 is 20.7 Å². The van der Waals surface area contributed by atoms with Crippen molar-refractivity contribution in [3.8, 4) is 5.75 Å². The molecule has 220 valence electrons. The average molecular weight is 557 g/mol. The molecular weight excluding hydrogens is 511 g/mol. The highest BCUT2D eigenvalue weighted by Crippen LogP contribution is 2.51. The van der Waals surface area contributed by atoms with Gasteiger partial charge in [0.25, 0.3) is 0 Å². The van der Waals surface area contributed by atoms with Gasteiger partial charge in [-0.25, -0.2) is 9.37 Å². The van der Waals surface area contributed by atoms with E-state index in [1.165, 1.54) is 19.1 Å². The van der Waals surface area contributed by atoms with E-state index in [0.29, 0.717) is 19.6 Å². The fourth-order valence-electron chi connectivity index (χ4n) is 5.62. The van der Waals surface area contributed by atoms with Gasteiger partial charge in [0.15, 0.2) is 11.6 Å². The Balaban J connectivity index is 1.58. The maximum Gasteiger partial charge on any atom is 0.217 e. The first-order valence-corrected chi connectivity index (χ1v) is 14.4. The number of hydrogen-bond donors (Lipinski definition) is 4. The van der Waals surface area contributed by atoms with Gasteiger partial charge in [0.2, 0.25) is 5.91 Å². The Bertz CT molecular complexity index is 1150. The van der Waals surface area contributed by atoms with Gasteiger partial charge in [-0.2, -0.15) is 0 Å². The number of carbonyl (C=O) groups is 1. The molecule has 3 atom stereocenters. The molecule has 0 unspecified atom stereocenters. The number of benzene rings is 1. The van der Waals surface area contributed by atoms with Gasteiger partial charge in [0, 0.05) is 50.8 Å². The van der Waals surface area contributed by atoms with Crippen molar-refractivity contribution in [3.05, 3.63) is 53.0 Å². The van der Waals surface area contributed by atoms with Crippen LogP contribution in [0, 0.1) is 11.2 Å². The SMILES string of the molecule is COCCNc1nc(CC(C)(C)C)cc2c1OC1(CCC1)C[C@@H]2NC[C@@H](O)[C@H](Cc1ccc(F)cc1)NC(C)=O. The molecule has 1 spiro atoms. The fraction of sp³-hybridized carbons (Fsp3) is 0.613. The Hall–Kier alpha value is -2.75. The Labute approximate surface area is 237 Å². The summed E-state index contributed by atoms with van der Waals surface area (Å²) in [6, 6.07) is 7.72. The summed E-state index contributed by atoms with van der Waals surface area (Å²) in [5.74, 6) is 0.971. The minimum atomic E-state index is -0.854. The minimum Gasteiger partial charge on any atom is -0.483 e. The number of aliphatic hydroxyl groups is 1. The lowest BCUT2D eigenvalue weighted by atomic mass is 9.72. The van der Waals surface area contributed by atoms with E-state index in [9.17, 15) is 14.3 Å². The Morgan fingerprint density at radius 3 is 2.60 bits per heavy atom. The second kappa shape index (κ2) is 12.8. The van der Waals surface area contributed by atoms with Crippen LogP contribution in [0.4, 0.5) is 10.2 Å². The topological polar surface area (TPSA) is 105 Å². The van der Waals surface area contributed by atoms with Crippen molar-refractivity contribution in [3.63, 3.8) is 0 Å². The maximum atomic E-state index is 13.4. The normalized spacial score (nSPS) is 19.2. The van der Waals surface area contributed by atoms with Crippen molar-refractivity contribution in [2.24, 2.45) is 5.41 Å². The van der Waals surface area contributed by atoms with Crippen molar-refractivity contribution in [2.75, 3.05) is 32.1 Å². The highest BCUT2D eigenvalue weighted by Gasteiger charge is 2.47. The number of rotatable bonds is 12. The molecule has 2 aromatic rings. The molecule has 8 nitrogen and oxygen atoms in total. The first-order valence-electron chi connectivity index (χ1n) is 14.4. The number of fused-ring (bicyclic) bond motifs is 1. The molecule has 1 aromatic heterocycles. The number of nitrogens with one attached hydrogen (secondary N) is 3. The Morgan fingerprint density at radius 2 is 2.00 bits per heavy atom. The maximum absolute atomic E-state index is 13.4. The van der Waals surface area contributed by atoms with E-state index in [1.54, 1.807) is 19.2 Å². The summed E-state index contributed by atoms with van der Waals surface area (Å²) in [7, 11) is 1.68. The third kappa shape index (κ3) is 7.92. The molecule has 4 N–H and O–H groups in total. The molecule has 1 saturated carbocycles. The molecule has 9 heteroatoms. The van der Waals surface area contributed by atoms with Crippen LogP contribution >= 0.6 is 0 Å². The van der Waals surface area contributed by atoms with E-state index >= 15 is 0 Å². The van der Waals surface area contributed by atoms with Crippen LogP contribution in [0.2, 0.25) is 0 Å². The molecule has 1 fully saturated rings. The molecule has 1 aliphatic heterocycles. The number of pyridine rings is 1. The van der Waals surface area contributed by atoms with Crippen LogP contribution in [0.25, 0.3) is 0 Å². The zero-order valence-corrected chi connectivity index (χ0v) is 24.5. The summed E-state index contributed by atoms with van der Waals surface area (Å²) in [6.45, 7) is 9.47. The molecule has 2 aliphatic rings. The molecule has 0 saturated heterocycles. The van der Waals surface area contributed by atoms with Gasteiger partial charge in [-0.15, -0.1) is 0 Å². The number of aliphatic hydroxyl groups excluding tert-OH is 1. The predicted octanol–water partition coefficient (Wildman–Crippen LogP) is 4.31. The van der Waals surface area contributed by atoms with Crippen molar-refractivity contribution >= 4 is 11.7 Å². The number of nitrogens with zero attached hydrogens (tertiary/aromatic N) is 1. The Kier molecular flexibility index (Phi) is 9.69. The molecular formula is C31H45FN4O4. The molecule has 4 rings (SSSR count). The summed E-state index contributed by atoms with van der Waals surface area (Å²) in [5.41, 5.74) is 2.67. The molecule has 2 heterocycles. The number of amides is 1. The quantitative estimate of drug-likeness (QED) is 0.289. The van der Waals surface area contributed by atoms with Gasteiger partial charge in [-0.05, 0) is 61.3 Å². The van der Waals surface area contributed by atoms with E-state index in [4.69, 9.17) is 14.5 Å². The van der Waals surface area contributed by atoms with Crippen molar-refractivity contribution in [1.82, 2.24) is 15.6 Å². The summed E-state index contributed by atoms with van der Waals surface area (Å²) in [5, 5.41) is 21.2. The van der Waals surface area contributed by atoms with Gasteiger partial charge in [-0.1, -0.05) is 32.9 Å². The number of aromatic nitrogens is 1. The van der Waals surface area contributed by atoms with Crippen LogP contribution in [-0.2, 0) is 22.4 Å². The lowest BCUT2D eigenvalue weighted by molar-refractivity contribution is -0.120. The van der Waals surface area contributed by atoms with Gasteiger partial charge in [0.05, 0.1) is 18.8 Å². The number of carbonyl (C=O) groups excluding carboxylic acids is 1. The van der Waals surface area contributed by atoms with Crippen molar-refractivity contribution in [1.29, 1.82) is 0 Å². The van der Waals surface area contributed by atoms with Crippen LogP contribution in [0.3, 0.4) is 0 Å². The molecule has 0 bridgehead atoms. The molecule has 1 amide bonds. The largest absolute Gasteiger partial charge is 0.483 e. The lowest BCUT2D eigenvalue weighted by Gasteiger charge is -2.48. The number of ether oxygens (including phenoxy) is 2. The van der Waals surface area contributed by atoms with Gasteiger partial charge in [-0.3, -0.25) is 4.79 Å². The predicted molar refractivity (Wildman–Crippen MR) is 154 cm³/mol. The molecule has 40 heavy (non-hydrogen) atoms. The van der Waals surface area contributed by atoms with Crippen LogP contribution in [0.15, 0.2) is 30.3 Å². The third-order valence-electron chi connectivity index (χ3n) is 7.70. The lowest BCUT2D eigenvalue weighted by Crippen LogP contribution is -2.52. The van der Waals surface area contributed by atoms with E-state index in [2.05, 4.69) is 42.8 Å². The van der Waals surface area contributed by atoms with E-state index in [1.807, 2.05) is 0 Å². The van der Waals surface area contributed by atoms with Crippen molar-refractivity contribution in [2.45, 2.75) is 90.0 Å². The summed E-state index contributed by atoms with van der Waals surface area (Å²) in [6.07, 6.45) is 4.22. The highest BCUT2D eigenvalue weighted by molar-refractivity contribution is 5.73. The Morgan fingerprint density at radius 1 is 1.27 bits per heavy atom. The zero-order chi connectivity index (χ0) is 28.9. The number of hydrogen-bond acceptors (Lipinski definition) is 7. The first-order chi connectivity index (χ1) is 19.0. The smallest absolute Gasteiger partial charge is 0.217 e. The zero-order valence-electron chi connectivity index (χ0n) is 24.5. The number of halogens is 1. The standard InChI is InChI=1S/C31H45FN4O4/c1-20(37)35-25(15-21-7-9-22(32)10-8-21)27(38)19-34-26-18-31(11-6-12-31)40-28-24(26)16-23(17-30(2,3)4)36-29(28)33-13-14-39-5/h7-10,16,25-27,34,38H,6,11-15,17-19H2,1-5H3,(H,33,36)(H,35,37)/t25-,26-,27+/m0/s1. The van der Waals surface area contributed by atoms with Crippen LogP contribution in [0.5, 0.6) is 5.75 Å². The average Bonchev–Trinajstić information content (AvgIpc) is 2.86. The summed E-state index contributed by atoms with van der Waals surface area (Å²) >= 11 is 0. The molecule has 0 radical (unpaired) electrons.